The van der Waals surface area contributed by atoms with Gasteiger partial charge in [-0.25, -0.2) is 8.78 Å². The molecule has 1 aliphatic carbocycles. The zero-order valence-corrected chi connectivity index (χ0v) is 12.8. The van der Waals surface area contributed by atoms with E-state index < -0.39 is 11.6 Å². The highest BCUT2D eigenvalue weighted by Gasteiger charge is 2.50. The number of benzene rings is 1. The number of piperidine rings is 1. The first kappa shape index (κ1) is 15.4. The number of halogens is 2. The number of rotatable bonds is 4. The molecule has 22 heavy (non-hydrogen) atoms. The highest BCUT2D eigenvalue weighted by molar-refractivity contribution is 5.86. The molecule has 0 radical (unpaired) electrons. The molecule has 3 nitrogen and oxygen atoms in total. The number of aryl methyl sites for hydroxylation is 1. The van der Waals surface area contributed by atoms with Gasteiger partial charge in [-0.2, -0.15) is 0 Å². The molecule has 1 amide bonds. The number of amides is 1. The molecule has 1 saturated carbocycles. The molecular formula is C17H22F2N2O. The van der Waals surface area contributed by atoms with E-state index in [9.17, 15) is 13.6 Å². The van der Waals surface area contributed by atoms with Crippen molar-refractivity contribution in [2.24, 2.45) is 5.41 Å². The number of hydrogen-bond donors (Lipinski definition) is 2. The lowest BCUT2D eigenvalue weighted by Crippen LogP contribution is -2.52. The van der Waals surface area contributed by atoms with Crippen molar-refractivity contribution in [1.82, 2.24) is 10.6 Å². The summed E-state index contributed by atoms with van der Waals surface area (Å²) in [4.78, 5) is 12.6. The fourth-order valence-electron chi connectivity index (χ4n) is 3.16. The maximum atomic E-state index is 13.8. The molecule has 3 rings (SSSR count). The van der Waals surface area contributed by atoms with Gasteiger partial charge in [0.25, 0.3) is 0 Å². The van der Waals surface area contributed by atoms with E-state index in [1.165, 1.54) is 12.1 Å². The molecule has 1 saturated heterocycles. The van der Waals surface area contributed by atoms with Crippen molar-refractivity contribution in [3.05, 3.63) is 35.1 Å². The number of hydrogen-bond acceptors (Lipinski definition) is 2. The SMILES string of the molecule is Cc1cc(F)ccc1CC1(C(=O)N[C@H]2CCNC[C@@H]2F)CC1. The van der Waals surface area contributed by atoms with Crippen molar-refractivity contribution < 1.29 is 13.6 Å². The van der Waals surface area contributed by atoms with Crippen molar-refractivity contribution in [3.63, 3.8) is 0 Å². The Balaban J connectivity index is 1.66. The van der Waals surface area contributed by atoms with Gasteiger partial charge in [0.05, 0.1) is 11.5 Å². The summed E-state index contributed by atoms with van der Waals surface area (Å²) in [5.74, 6) is -0.309. The zero-order valence-electron chi connectivity index (χ0n) is 12.8. The largest absolute Gasteiger partial charge is 0.350 e. The van der Waals surface area contributed by atoms with E-state index in [0.717, 1.165) is 30.5 Å². The molecule has 1 aromatic rings. The third-order valence-corrected chi connectivity index (χ3v) is 4.89. The molecule has 1 aliphatic heterocycles. The molecule has 0 bridgehead atoms. The highest BCUT2D eigenvalue weighted by atomic mass is 19.1. The molecular weight excluding hydrogens is 286 g/mol. The lowest BCUT2D eigenvalue weighted by Gasteiger charge is -2.29. The average molecular weight is 308 g/mol. The Morgan fingerprint density at radius 3 is 2.86 bits per heavy atom. The molecule has 2 N–H and O–H groups in total. The minimum Gasteiger partial charge on any atom is -0.350 e. The van der Waals surface area contributed by atoms with Crippen molar-refractivity contribution in [3.8, 4) is 0 Å². The molecule has 2 fully saturated rings. The Hall–Kier alpha value is -1.49. The van der Waals surface area contributed by atoms with Crippen LogP contribution in [0.2, 0.25) is 0 Å². The normalized spacial score (nSPS) is 26.5. The Morgan fingerprint density at radius 1 is 1.45 bits per heavy atom. The molecule has 2 aliphatic rings. The van der Waals surface area contributed by atoms with E-state index in [-0.39, 0.29) is 17.8 Å². The first-order chi connectivity index (χ1) is 10.5. The number of alkyl halides is 1. The monoisotopic (exact) mass is 308 g/mol. The van der Waals surface area contributed by atoms with Gasteiger partial charge in [-0.1, -0.05) is 6.07 Å². The van der Waals surface area contributed by atoms with Gasteiger partial charge in [-0.15, -0.1) is 0 Å². The maximum absolute atomic E-state index is 13.8. The Morgan fingerprint density at radius 2 is 2.23 bits per heavy atom. The van der Waals surface area contributed by atoms with Crippen LogP contribution in [0.1, 0.15) is 30.4 Å². The molecule has 0 spiro atoms. The fraction of sp³-hybridized carbons (Fsp3) is 0.588. The second-order valence-corrected chi connectivity index (χ2v) is 6.62. The second kappa shape index (κ2) is 5.95. The van der Waals surface area contributed by atoms with Gasteiger partial charge < -0.3 is 10.6 Å². The van der Waals surface area contributed by atoms with Crippen LogP contribution in [-0.4, -0.2) is 31.2 Å². The first-order valence-corrected chi connectivity index (χ1v) is 7.91. The average Bonchev–Trinajstić information content (AvgIpc) is 3.25. The first-order valence-electron chi connectivity index (χ1n) is 7.91. The molecule has 120 valence electrons. The standard InChI is InChI=1S/C17H22F2N2O/c1-11-8-13(18)3-2-12(11)9-17(5-6-17)16(22)21-15-4-7-20-10-14(15)19/h2-3,8,14-15,20H,4-7,9-10H2,1H3,(H,21,22)/t14-,15-/m0/s1. The summed E-state index contributed by atoms with van der Waals surface area (Å²) in [6.07, 6.45) is 1.83. The van der Waals surface area contributed by atoms with Crippen LogP contribution in [0.15, 0.2) is 18.2 Å². The second-order valence-electron chi connectivity index (χ2n) is 6.62. The molecule has 1 aromatic carbocycles. The van der Waals surface area contributed by atoms with Gasteiger partial charge in [0.1, 0.15) is 12.0 Å². The zero-order chi connectivity index (χ0) is 15.7. The fourth-order valence-corrected chi connectivity index (χ4v) is 3.16. The van der Waals surface area contributed by atoms with E-state index in [4.69, 9.17) is 0 Å². The lowest BCUT2D eigenvalue weighted by atomic mass is 9.92. The van der Waals surface area contributed by atoms with E-state index in [0.29, 0.717) is 19.4 Å². The van der Waals surface area contributed by atoms with Crippen LogP contribution in [0.5, 0.6) is 0 Å². The van der Waals surface area contributed by atoms with Gasteiger partial charge in [0.15, 0.2) is 0 Å². The number of carbonyl (C=O) groups is 1. The van der Waals surface area contributed by atoms with Crippen LogP contribution in [-0.2, 0) is 11.2 Å². The smallest absolute Gasteiger partial charge is 0.226 e. The van der Waals surface area contributed by atoms with Gasteiger partial charge >= 0.3 is 0 Å². The Labute approximate surface area is 129 Å². The Kier molecular flexibility index (Phi) is 4.17. The van der Waals surface area contributed by atoms with Crippen LogP contribution < -0.4 is 10.6 Å². The van der Waals surface area contributed by atoms with Crippen LogP contribution in [0.3, 0.4) is 0 Å². The Bertz CT molecular complexity index is 572. The summed E-state index contributed by atoms with van der Waals surface area (Å²) in [6.45, 7) is 2.89. The molecule has 1 heterocycles. The quantitative estimate of drug-likeness (QED) is 0.896. The minimum absolute atomic E-state index is 0.0502. The van der Waals surface area contributed by atoms with E-state index in [1.54, 1.807) is 6.07 Å². The minimum atomic E-state index is -1.03. The molecule has 2 atom stereocenters. The predicted octanol–water partition coefficient (Wildman–Crippen LogP) is 2.27. The van der Waals surface area contributed by atoms with Crippen molar-refractivity contribution in [1.29, 1.82) is 0 Å². The van der Waals surface area contributed by atoms with Gasteiger partial charge in [0.2, 0.25) is 5.91 Å². The maximum Gasteiger partial charge on any atom is 0.226 e. The molecule has 0 aromatic heterocycles. The van der Waals surface area contributed by atoms with Gasteiger partial charge in [0, 0.05) is 6.54 Å². The summed E-state index contributed by atoms with van der Waals surface area (Å²) in [6, 6.07) is 4.29. The van der Waals surface area contributed by atoms with E-state index >= 15 is 0 Å². The van der Waals surface area contributed by atoms with Gasteiger partial charge in [-0.3, -0.25) is 4.79 Å². The molecule has 0 unspecified atom stereocenters. The van der Waals surface area contributed by atoms with E-state index in [2.05, 4.69) is 10.6 Å². The molecule has 5 heteroatoms. The third-order valence-electron chi connectivity index (χ3n) is 4.89. The number of nitrogens with one attached hydrogen (secondary N) is 2. The van der Waals surface area contributed by atoms with Crippen molar-refractivity contribution >= 4 is 5.91 Å². The van der Waals surface area contributed by atoms with Crippen molar-refractivity contribution in [2.75, 3.05) is 13.1 Å². The summed E-state index contributed by atoms with van der Waals surface area (Å²) in [5, 5.41) is 5.88. The van der Waals surface area contributed by atoms with Crippen LogP contribution in [0, 0.1) is 18.2 Å². The number of carbonyl (C=O) groups excluding carboxylic acids is 1. The third kappa shape index (κ3) is 3.14. The van der Waals surface area contributed by atoms with Crippen LogP contribution >= 0.6 is 0 Å². The summed E-state index contributed by atoms with van der Waals surface area (Å²) in [7, 11) is 0. The van der Waals surface area contributed by atoms with Crippen LogP contribution in [0.25, 0.3) is 0 Å². The topological polar surface area (TPSA) is 41.1 Å². The summed E-state index contributed by atoms with van der Waals surface area (Å²) < 4.78 is 27.0. The summed E-state index contributed by atoms with van der Waals surface area (Å²) in [5.41, 5.74) is 1.44. The van der Waals surface area contributed by atoms with Crippen molar-refractivity contribution in [2.45, 2.75) is 44.8 Å². The lowest BCUT2D eigenvalue weighted by molar-refractivity contribution is -0.127. The highest BCUT2D eigenvalue weighted by Crippen LogP contribution is 2.49. The van der Waals surface area contributed by atoms with Gasteiger partial charge in [-0.05, 0) is 62.4 Å². The van der Waals surface area contributed by atoms with Crippen LogP contribution in [0.4, 0.5) is 8.78 Å². The van der Waals surface area contributed by atoms with E-state index in [1.807, 2.05) is 6.92 Å². The summed E-state index contributed by atoms with van der Waals surface area (Å²) >= 11 is 0. The predicted molar refractivity (Wildman–Crippen MR) is 80.8 cm³/mol.